The quantitative estimate of drug-likeness (QED) is 0.0820. The molecule has 0 unspecified atom stereocenters. The van der Waals surface area contributed by atoms with Gasteiger partial charge in [0.25, 0.3) is 5.91 Å². The van der Waals surface area contributed by atoms with E-state index in [9.17, 15) is 14.7 Å². The number of hydrogen-bond acceptors (Lipinski definition) is 6. The number of carbonyl (C=O) groups is 2. The Balaban J connectivity index is 1.28. The first-order chi connectivity index (χ1) is 24.5. The van der Waals surface area contributed by atoms with Crippen LogP contribution in [0.15, 0.2) is 140 Å². The lowest BCUT2D eigenvalue weighted by molar-refractivity contribution is -0.139. The number of carboxylic acid groups (broad SMARTS) is 1. The van der Waals surface area contributed by atoms with E-state index in [0.29, 0.717) is 24.3 Å². The second-order valence-corrected chi connectivity index (χ2v) is 14.9. The predicted molar refractivity (Wildman–Crippen MR) is 209 cm³/mol. The molecular formula is C42H43N3O3S2. The smallest absolute Gasteiger partial charge is 0.326 e. The zero-order chi connectivity index (χ0) is 34.8. The normalized spacial score (nSPS) is 16.4. The summed E-state index contributed by atoms with van der Waals surface area (Å²) in [7, 11) is 0. The molecule has 0 saturated carbocycles. The van der Waals surface area contributed by atoms with Crippen molar-refractivity contribution in [3.05, 3.63) is 162 Å². The van der Waals surface area contributed by atoms with Crippen molar-refractivity contribution in [1.82, 2.24) is 10.6 Å². The summed E-state index contributed by atoms with van der Waals surface area (Å²) in [4.78, 5) is 25.7. The van der Waals surface area contributed by atoms with Crippen LogP contribution in [0, 0.1) is 0 Å². The molecule has 0 aromatic heterocycles. The third kappa shape index (κ3) is 8.10. The fourth-order valence-electron chi connectivity index (χ4n) is 6.71. The number of hydrogen-bond donors (Lipinski definition) is 4. The summed E-state index contributed by atoms with van der Waals surface area (Å²) in [5, 5.41) is 20.3. The number of amides is 1. The third-order valence-electron chi connectivity index (χ3n) is 9.24. The van der Waals surface area contributed by atoms with Crippen LogP contribution in [-0.4, -0.2) is 59.4 Å². The molecule has 5 aromatic rings. The molecule has 0 radical (unpaired) electrons. The van der Waals surface area contributed by atoms with Crippen LogP contribution in [-0.2, 0) is 9.54 Å². The maximum Gasteiger partial charge on any atom is 0.326 e. The molecule has 1 aliphatic rings. The van der Waals surface area contributed by atoms with Gasteiger partial charge in [-0.1, -0.05) is 127 Å². The van der Waals surface area contributed by atoms with Crippen molar-refractivity contribution in [2.45, 2.75) is 34.9 Å². The number of benzene rings is 5. The Labute approximate surface area is 303 Å². The van der Waals surface area contributed by atoms with Crippen molar-refractivity contribution in [3.8, 4) is 11.1 Å². The number of aliphatic carboxylic acids is 1. The van der Waals surface area contributed by atoms with Crippen molar-refractivity contribution in [2.75, 3.05) is 30.4 Å². The summed E-state index contributed by atoms with van der Waals surface area (Å²) < 4.78 is -0.418. The van der Waals surface area contributed by atoms with Crippen LogP contribution in [0.3, 0.4) is 0 Å². The van der Waals surface area contributed by atoms with Gasteiger partial charge >= 0.3 is 5.97 Å². The minimum atomic E-state index is -1.03. The predicted octanol–water partition coefficient (Wildman–Crippen LogP) is 8.16. The maximum absolute atomic E-state index is 13.7. The van der Waals surface area contributed by atoms with Gasteiger partial charge in [-0.25, -0.2) is 4.79 Å². The van der Waals surface area contributed by atoms with Gasteiger partial charge in [-0.2, -0.15) is 11.8 Å². The van der Waals surface area contributed by atoms with E-state index in [2.05, 4.69) is 107 Å². The molecule has 0 bridgehead atoms. The first kappa shape index (κ1) is 35.3. The van der Waals surface area contributed by atoms with E-state index in [1.54, 1.807) is 11.8 Å². The number of rotatable bonds is 15. The van der Waals surface area contributed by atoms with Gasteiger partial charge in [0, 0.05) is 29.1 Å². The van der Waals surface area contributed by atoms with E-state index in [0.717, 1.165) is 29.8 Å². The Hall–Kier alpha value is -4.50. The Bertz CT molecular complexity index is 1750. The first-order valence-corrected chi connectivity index (χ1v) is 19.3. The molecule has 50 heavy (non-hydrogen) atoms. The number of carbonyl (C=O) groups excluding carboxylic acids is 1. The minimum Gasteiger partial charge on any atom is -0.480 e. The topological polar surface area (TPSA) is 90.5 Å². The largest absolute Gasteiger partial charge is 0.480 e. The van der Waals surface area contributed by atoms with Gasteiger partial charge in [0.2, 0.25) is 0 Å². The summed E-state index contributed by atoms with van der Waals surface area (Å²) >= 11 is 3.56. The molecule has 4 N–H and O–H groups in total. The summed E-state index contributed by atoms with van der Waals surface area (Å²) in [5.41, 5.74) is 6.63. The summed E-state index contributed by atoms with van der Waals surface area (Å²) in [6.07, 6.45) is 3.29. The van der Waals surface area contributed by atoms with Crippen LogP contribution < -0.4 is 16.0 Å². The number of nitrogens with one attached hydrogen (secondary N) is 3. The van der Waals surface area contributed by atoms with Crippen molar-refractivity contribution in [3.63, 3.8) is 0 Å². The molecule has 6 nitrogen and oxygen atoms in total. The van der Waals surface area contributed by atoms with E-state index in [1.165, 1.54) is 16.7 Å². The monoisotopic (exact) mass is 701 g/mol. The average Bonchev–Trinajstić information content (AvgIpc) is 3.62. The van der Waals surface area contributed by atoms with Crippen LogP contribution in [0.1, 0.15) is 39.9 Å². The standard InChI is InChI=1S/C42H43N3O3S2/c1-49-27-25-37(41(47)48)45-40(46)36-28-34(22-23-35(36)30-14-6-2-7-15-30)44-29-38-39(24-26-43-38)50-42(31-16-8-3-9-17-31,32-18-10-4-11-19-32)33-20-12-5-13-21-33/h2-23,28,37-39,43-44H,24-27,29H2,1H3,(H,45,46)(H,47,48)/t37-,38+,39-/m0/s1. The molecule has 1 heterocycles. The van der Waals surface area contributed by atoms with E-state index in [-0.39, 0.29) is 11.3 Å². The molecule has 1 aliphatic heterocycles. The van der Waals surface area contributed by atoms with Crippen molar-refractivity contribution >= 4 is 41.1 Å². The van der Waals surface area contributed by atoms with E-state index >= 15 is 0 Å². The number of anilines is 1. The Morgan fingerprint density at radius 2 is 1.38 bits per heavy atom. The lowest BCUT2D eigenvalue weighted by Crippen LogP contribution is -2.41. The Morgan fingerprint density at radius 1 is 0.820 bits per heavy atom. The van der Waals surface area contributed by atoms with Crippen molar-refractivity contribution < 1.29 is 14.7 Å². The summed E-state index contributed by atoms with van der Waals surface area (Å²) in [6, 6.07) is 47.1. The Morgan fingerprint density at radius 3 is 1.92 bits per heavy atom. The molecule has 3 atom stereocenters. The van der Waals surface area contributed by atoms with E-state index in [4.69, 9.17) is 0 Å². The molecule has 8 heteroatoms. The van der Waals surface area contributed by atoms with Gasteiger partial charge < -0.3 is 21.1 Å². The molecule has 1 fully saturated rings. The highest BCUT2D eigenvalue weighted by Gasteiger charge is 2.42. The van der Waals surface area contributed by atoms with E-state index < -0.39 is 22.7 Å². The zero-order valence-electron chi connectivity index (χ0n) is 28.1. The third-order valence-corrected chi connectivity index (χ3v) is 11.8. The molecule has 6 rings (SSSR count). The molecule has 5 aromatic carbocycles. The maximum atomic E-state index is 13.7. The van der Waals surface area contributed by atoms with Gasteiger partial charge in [-0.05, 0) is 71.3 Å². The summed E-state index contributed by atoms with van der Waals surface area (Å²) in [6.45, 7) is 1.56. The van der Waals surface area contributed by atoms with Gasteiger partial charge in [-0.3, -0.25) is 4.79 Å². The highest BCUT2D eigenvalue weighted by Crippen LogP contribution is 2.51. The van der Waals surface area contributed by atoms with Gasteiger partial charge in [-0.15, -0.1) is 11.8 Å². The van der Waals surface area contributed by atoms with E-state index in [1.807, 2.05) is 66.5 Å². The Kier molecular flexibility index (Phi) is 12.0. The molecular weight excluding hydrogens is 659 g/mol. The van der Waals surface area contributed by atoms with Gasteiger partial charge in [0.1, 0.15) is 6.04 Å². The second-order valence-electron chi connectivity index (χ2n) is 12.4. The molecule has 1 amide bonds. The van der Waals surface area contributed by atoms with Gasteiger partial charge in [0.15, 0.2) is 0 Å². The van der Waals surface area contributed by atoms with Crippen LogP contribution in [0.25, 0.3) is 11.1 Å². The summed E-state index contributed by atoms with van der Waals surface area (Å²) in [5.74, 6) is -0.791. The molecule has 256 valence electrons. The van der Waals surface area contributed by atoms with Gasteiger partial charge in [0.05, 0.1) is 4.75 Å². The van der Waals surface area contributed by atoms with Crippen molar-refractivity contribution in [2.24, 2.45) is 0 Å². The number of carboxylic acids is 1. The molecule has 0 spiro atoms. The van der Waals surface area contributed by atoms with Crippen molar-refractivity contribution in [1.29, 1.82) is 0 Å². The first-order valence-electron chi connectivity index (χ1n) is 17.0. The lowest BCUT2D eigenvalue weighted by atomic mass is 9.84. The highest BCUT2D eigenvalue weighted by atomic mass is 32.2. The van der Waals surface area contributed by atoms with Crippen LogP contribution in [0.4, 0.5) is 5.69 Å². The zero-order valence-corrected chi connectivity index (χ0v) is 29.8. The van der Waals surface area contributed by atoms with Crippen LogP contribution >= 0.6 is 23.5 Å². The average molecular weight is 702 g/mol. The molecule has 0 aliphatic carbocycles. The number of thioether (sulfide) groups is 2. The lowest BCUT2D eigenvalue weighted by Gasteiger charge is -2.38. The highest BCUT2D eigenvalue weighted by molar-refractivity contribution is 8.01. The SMILES string of the molecule is CSCC[C@H](NC(=O)c1cc(NC[C@H]2NCC[C@@H]2SC(c2ccccc2)(c2ccccc2)c2ccccc2)ccc1-c1ccccc1)C(=O)O. The molecule has 1 saturated heterocycles. The van der Waals surface area contributed by atoms with Crippen LogP contribution in [0.2, 0.25) is 0 Å². The second kappa shape index (κ2) is 16.9. The fourth-order valence-corrected chi connectivity index (χ4v) is 9.04. The fraction of sp³-hybridized carbons (Fsp3) is 0.238. The minimum absolute atomic E-state index is 0.157. The van der Waals surface area contributed by atoms with Crippen LogP contribution in [0.5, 0.6) is 0 Å².